The fraction of sp³-hybridized carbons (Fsp3) is 0.294. The summed E-state index contributed by atoms with van der Waals surface area (Å²) in [5.74, 6) is 0.590. The first-order valence-electron chi connectivity index (χ1n) is 8.19. The van der Waals surface area contributed by atoms with Crippen molar-refractivity contribution < 1.29 is 9.18 Å². The molecule has 0 radical (unpaired) electrons. The van der Waals surface area contributed by atoms with Crippen molar-refractivity contribution >= 4 is 23.2 Å². The van der Waals surface area contributed by atoms with Gasteiger partial charge >= 0.3 is 0 Å². The maximum atomic E-state index is 14.0. The summed E-state index contributed by atoms with van der Waals surface area (Å²) >= 11 is 0. The third kappa shape index (κ3) is 2.69. The van der Waals surface area contributed by atoms with Gasteiger partial charge in [-0.15, -0.1) is 0 Å². The molecule has 0 saturated carbocycles. The van der Waals surface area contributed by atoms with Gasteiger partial charge in [0, 0.05) is 18.3 Å². The normalized spacial score (nSPS) is 17.4. The van der Waals surface area contributed by atoms with E-state index in [1.165, 1.54) is 17.3 Å². The monoisotopic (exact) mass is 340 g/mol. The van der Waals surface area contributed by atoms with Crippen LogP contribution in [-0.2, 0) is 11.2 Å². The number of carbonyl (C=O) groups excluding carboxylic acids is 1. The molecule has 0 aliphatic carbocycles. The molecule has 1 unspecified atom stereocenters. The zero-order valence-electron chi connectivity index (χ0n) is 13.7. The fourth-order valence-corrected chi connectivity index (χ4v) is 3.05. The first kappa shape index (κ1) is 15.5. The number of halogens is 1. The molecule has 0 bridgehead atoms. The van der Waals surface area contributed by atoms with E-state index in [4.69, 9.17) is 0 Å². The number of aryl methyl sites for hydroxylation is 1. The van der Waals surface area contributed by atoms with E-state index in [1.54, 1.807) is 22.7 Å². The van der Waals surface area contributed by atoms with Crippen LogP contribution < -0.4 is 10.2 Å². The molecule has 4 rings (SSSR count). The van der Waals surface area contributed by atoms with E-state index in [0.717, 1.165) is 12.1 Å². The third-order valence-corrected chi connectivity index (χ3v) is 4.34. The number of nitrogens with one attached hydrogen (secondary N) is 1. The molecule has 1 aromatic carbocycles. The number of carbonyl (C=O) groups is 1. The lowest BCUT2D eigenvalue weighted by Crippen LogP contribution is -2.34. The molecule has 7 nitrogen and oxygen atoms in total. The summed E-state index contributed by atoms with van der Waals surface area (Å²) in [6.45, 7) is 2.46. The van der Waals surface area contributed by atoms with Gasteiger partial charge in [-0.1, -0.05) is 19.1 Å². The smallest absolute Gasteiger partial charge is 0.254 e. The van der Waals surface area contributed by atoms with Gasteiger partial charge < -0.3 is 10.2 Å². The molecule has 1 aliphatic heterocycles. The molecule has 1 N–H and O–H groups in total. The molecule has 2 aromatic heterocycles. The van der Waals surface area contributed by atoms with Gasteiger partial charge in [0.25, 0.3) is 5.78 Å². The van der Waals surface area contributed by atoms with E-state index in [2.05, 4.69) is 20.4 Å². The maximum Gasteiger partial charge on any atom is 0.254 e. The molecule has 1 amide bonds. The average molecular weight is 340 g/mol. The van der Waals surface area contributed by atoms with E-state index in [9.17, 15) is 9.18 Å². The van der Waals surface area contributed by atoms with Crippen molar-refractivity contribution in [2.75, 3.05) is 16.8 Å². The van der Waals surface area contributed by atoms with E-state index in [0.29, 0.717) is 30.2 Å². The second-order valence-electron chi connectivity index (χ2n) is 5.89. The Balaban J connectivity index is 1.61. The number of para-hydroxylation sites is 1. The second kappa shape index (κ2) is 6.12. The molecular weight excluding hydrogens is 323 g/mol. The Morgan fingerprint density at radius 1 is 1.36 bits per heavy atom. The van der Waals surface area contributed by atoms with Gasteiger partial charge in [0.05, 0.1) is 5.69 Å². The molecule has 8 heteroatoms. The summed E-state index contributed by atoms with van der Waals surface area (Å²) in [7, 11) is 0. The number of benzene rings is 1. The van der Waals surface area contributed by atoms with Crippen LogP contribution in [0.15, 0.2) is 36.7 Å². The minimum Gasteiger partial charge on any atom is -0.358 e. The van der Waals surface area contributed by atoms with Gasteiger partial charge in [-0.3, -0.25) is 4.79 Å². The summed E-state index contributed by atoms with van der Waals surface area (Å²) in [6, 6.07) is 7.73. The summed E-state index contributed by atoms with van der Waals surface area (Å²) in [5.41, 5.74) is 1.17. The van der Waals surface area contributed by atoms with Crippen LogP contribution in [0.25, 0.3) is 5.78 Å². The molecule has 3 aromatic rings. The predicted octanol–water partition coefficient (Wildman–Crippen LogP) is 2.04. The molecule has 1 aliphatic rings. The topological polar surface area (TPSA) is 75.4 Å². The van der Waals surface area contributed by atoms with Crippen LogP contribution in [-0.4, -0.2) is 38.1 Å². The number of aromatic nitrogens is 4. The number of amides is 1. The van der Waals surface area contributed by atoms with Crippen LogP contribution in [0.1, 0.15) is 19.0 Å². The lowest BCUT2D eigenvalue weighted by Gasteiger charge is -2.18. The number of hydrogen-bond donors (Lipinski definition) is 1. The Morgan fingerprint density at radius 3 is 3.00 bits per heavy atom. The van der Waals surface area contributed by atoms with Gasteiger partial charge in [-0.25, -0.2) is 9.37 Å². The molecular formula is C17H17FN6O. The summed E-state index contributed by atoms with van der Waals surface area (Å²) < 4.78 is 15.6. The minimum absolute atomic E-state index is 0.159. The van der Waals surface area contributed by atoms with Crippen molar-refractivity contribution in [3.05, 3.63) is 48.2 Å². The Labute approximate surface area is 143 Å². The molecule has 3 heterocycles. The SMILES string of the molecule is CCc1cc(NC2CCN(c3ccccc3F)C2=O)n2ncnc2n1. The van der Waals surface area contributed by atoms with Crippen molar-refractivity contribution in [3.8, 4) is 0 Å². The van der Waals surface area contributed by atoms with Gasteiger partial charge in [0.1, 0.15) is 24.0 Å². The first-order valence-corrected chi connectivity index (χ1v) is 8.19. The molecule has 1 saturated heterocycles. The largest absolute Gasteiger partial charge is 0.358 e. The molecule has 1 atom stereocenters. The summed E-state index contributed by atoms with van der Waals surface area (Å²) in [6.07, 6.45) is 2.75. The molecule has 128 valence electrons. The number of fused-ring (bicyclic) bond motifs is 1. The minimum atomic E-state index is -0.445. The molecule has 0 spiro atoms. The van der Waals surface area contributed by atoms with Crippen molar-refractivity contribution in [3.63, 3.8) is 0 Å². The van der Waals surface area contributed by atoms with E-state index < -0.39 is 11.9 Å². The van der Waals surface area contributed by atoms with E-state index >= 15 is 0 Å². The van der Waals surface area contributed by atoms with E-state index in [-0.39, 0.29) is 5.91 Å². The van der Waals surface area contributed by atoms with Crippen LogP contribution in [0.5, 0.6) is 0 Å². The number of rotatable bonds is 4. The molecule has 1 fully saturated rings. The van der Waals surface area contributed by atoms with Crippen LogP contribution in [0.4, 0.5) is 15.9 Å². The standard InChI is InChI=1S/C17H17FN6O/c1-2-11-9-15(24-17(21-11)19-10-20-24)22-13-7-8-23(16(13)25)14-6-4-3-5-12(14)18/h3-6,9-10,13,22H,2,7-8H2,1H3. The highest BCUT2D eigenvalue weighted by Gasteiger charge is 2.34. The van der Waals surface area contributed by atoms with Gasteiger partial charge in [0.15, 0.2) is 0 Å². The Kier molecular flexibility index (Phi) is 3.79. The van der Waals surface area contributed by atoms with Crippen LogP contribution in [0.3, 0.4) is 0 Å². The van der Waals surface area contributed by atoms with Crippen molar-refractivity contribution in [2.24, 2.45) is 0 Å². The zero-order valence-corrected chi connectivity index (χ0v) is 13.7. The van der Waals surface area contributed by atoms with Crippen LogP contribution in [0, 0.1) is 5.82 Å². The highest BCUT2D eigenvalue weighted by Crippen LogP contribution is 2.26. The van der Waals surface area contributed by atoms with Crippen molar-refractivity contribution in [1.29, 1.82) is 0 Å². The summed E-state index contributed by atoms with van der Waals surface area (Å²) in [5, 5.41) is 7.37. The number of anilines is 2. The quantitative estimate of drug-likeness (QED) is 0.787. The first-order chi connectivity index (χ1) is 12.2. The summed E-state index contributed by atoms with van der Waals surface area (Å²) in [4.78, 5) is 22.7. The number of nitrogens with zero attached hydrogens (tertiary/aromatic N) is 5. The van der Waals surface area contributed by atoms with Gasteiger partial charge in [-0.2, -0.15) is 14.6 Å². The van der Waals surface area contributed by atoms with Crippen molar-refractivity contribution in [1.82, 2.24) is 19.6 Å². The Hall–Kier alpha value is -3.03. The maximum absolute atomic E-state index is 14.0. The van der Waals surface area contributed by atoms with Gasteiger partial charge in [0.2, 0.25) is 5.91 Å². The lowest BCUT2D eigenvalue weighted by atomic mass is 10.2. The van der Waals surface area contributed by atoms with Crippen LogP contribution >= 0.6 is 0 Å². The predicted molar refractivity (Wildman–Crippen MR) is 90.9 cm³/mol. The Bertz CT molecular complexity index is 940. The van der Waals surface area contributed by atoms with E-state index in [1.807, 2.05) is 13.0 Å². The highest BCUT2D eigenvalue weighted by atomic mass is 19.1. The van der Waals surface area contributed by atoms with Crippen LogP contribution in [0.2, 0.25) is 0 Å². The highest BCUT2D eigenvalue weighted by molar-refractivity contribution is 6.01. The second-order valence-corrected chi connectivity index (χ2v) is 5.89. The molecule has 25 heavy (non-hydrogen) atoms. The van der Waals surface area contributed by atoms with Gasteiger partial charge in [-0.05, 0) is 25.0 Å². The lowest BCUT2D eigenvalue weighted by molar-refractivity contribution is -0.117. The average Bonchev–Trinajstić information content (AvgIpc) is 3.23. The van der Waals surface area contributed by atoms with Crippen molar-refractivity contribution in [2.45, 2.75) is 25.8 Å². The fourth-order valence-electron chi connectivity index (χ4n) is 3.05. The third-order valence-electron chi connectivity index (χ3n) is 4.34. The number of hydrogen-bond acceptors (Lipinski definition) is 5. The zero-order chi connectivity index (χ0) is 17.4. The Morgan fingerprint density at radius 2 is 2.20 bits per heavy atom.